The number of amides is 2. The number of carbonyl (C=O) groups is 2. The van der Waals surface area contributed by atoms with Gasteiger partial charge in [-0.1, -0.05) is 11.6 Å². The summed E-state index contributed by atoms with van der Waals surface area (Å²) in [5.41, 5.74) is 0.484. The maximum Gasteiger partial charge on any atom is 0.404 e. The second-order valence-electron chi connectivity index (χ2n) is 9.47. The fraction of sp³-hybridized carbons (Fsp3) is 0.435. The minimum Gasteiger partial charge on any atom is -0.465 e. The van der Waals surface area contributed by atoms with Crippen molar-refractivity contribution in [2.45, 2.75) is 40.3 Å². The number of carbonyl (C=O) groups excluding carboxylic acids is 1. The number of carboxylic acid groups (broad SMARTS) is 1. The molecule has 1 saturated carbocycles. The summed E-state index contributed by atoms with van der Waals surface area (Å²) in [5, 5.41) is 10.9. The van der Waals surface area contributed by atoms with Gasteiger partial charge in [0.15, 0.2) is 9.84 Å². The van der Waals surface area contributed by atoms with Crippen molar-refractivity contribution in [2.24, 2.45) is 0 Å². The molecule has 3 aliphatic rings. The number of sulfone groups is 1. The molecule has 15 heteroatoms. The third kappa shape index (κ3) is 5.30. The zero-order valence-corrected chi connectivity index (χ0v) is 22.5. The van der Waals surface area contributed by atoms with E-state index in [0.29, 0.717) is 37.4 Å². The molecule has 2 amide bonds. The van der Waals surface area contributed by atoms with Crippen LogP contribution in [0.1, 0.15) is 19.3 Å². The minimum absolute atomic E-state index is 0.0338. The van der Waals surface area contributed by atoms with Crippen LogP contribution in [0.5, 0.6) is 0 Å². The van der Waals surface area contributed by atoms with Crippen LogP contribution >= 0.6 is 11.6 Å². The van der Waals surface area contributed by atoms with Gasteiger partial charge in [0.25, 0.3) is 0 Å². The SMILES string of the molecule is O=C(O)NC1CC(=O)N(c2ccc(S(=O)(=O)N3CCN(c4cc(S(=O)(=O)C5CC5)cc(Cl)n4)CC3)cc2)C1. The lowest BCUT2D eigenvalue weighted by Crippen LogP contribution is -2.49. The molecular formula is C23H26ClN5O7S2. The lowest BCUT2D eigenvalue weighted by Gasteiger charge is -2.35. The number of halogens is 1. The van der Waals surface area contributed by atoms with Gasteiger partial charge in [0.05, 0.1) is 21.1 Å². The molecule has 0 spiro atoms. The fourth-order valence-electron chi connectivity index (χ4n) is 4.69. The number of hydrogen-bond acceptors (Lipinski definition) is 8. The van der Waals surface area contributed by atoms with E-state index in [9.17, 15) is 26.4 Å². The first-order valence-corrected chi connectivity index (χ1v) is 15.4. The van der Waals surface area contributed by atoms with Gasteiger partial charge < -0.3 is 20.2 Å². The highest BCUT2D eigenvalue weighted by molar-refractivity contribution is 7.92. The molecule has 1 aliphatic carbocycles. The highest BCUT2D eigenvalue weighted by atomic mass is 35.5. The first kappa shape index (κ1) is 26.7. The summed E-state index contributed by atoms with van der Waals surface area (Å²) in [5.74, 6) is 0.141. The lowest BCUT2D eigenvalue weighted by atomic mass is 10.3. The Hall–Kier alpha value is -2.94. The quantitative estimate of drug-likeness (QED) is 0.461. The summed E-state index contributed by atoms with van der Waals surface area (Å²) in [6, 6.07) is 8.23. The van der Waals surface area contributed by atoms with Gasteiger partial charge in [-0.15, -0.1) is 0 Å². The molecule has 2 N–H and O–H groups in total. The maximum absolute atomic E-state index is 13.3. The van der Waals surface area contributed by atoms with Crippen molar-refractivity contribution in [3.05, 3.63) is 41.6 Å². The highest BCUT2D eigenvalue weighted by Crippen LogP contribution is 2.35. The minimum atomic E-state index is -3.82. The third-order valence-electron chi connectivity index (χ3n) is 6.85. The molecule has 3 heterocycles. The molecule has 12 nitrogen and oxygen atoms in total. The lowest BCUT2D eigenvalue weighted by molar-refractivity contribution is -0.117. The summed E-state index contributed by atoms with van der Waals surface area (Å²) < 4.78 is 53.2. The summed E-state index contributed by atoms with van der Waals surface area (Å²) in [6.07, 6.45) is 0.0882. The van der Waals surface area contributed by atoms with Crippen molar-refractivity contribution >= 4 is 55.0 Å². The zero-order valence-electron chi connectivity index (χ0n) is 20.2. The van der Waals surface area contributed by atoms with Crippen molar-refractivity contribution in [3.8, 4) is 0 Å². The second kappa shape index (κ2) is 9.98. The third-order valence-corrected chi connectivity index (χ3v) is 11.2. The molecule has 2 aliphatic heterocycles. The van der Waals surface area contributed by atoms with Crippen molar-refractivity contribution in [2.75, 3.05) is 42.5 Å². The summed E-state index contributed by atoms with van der Waals surface area (Å²) in [4.78, 5) is 30.8. The first-order chi connectivity index (χ1) is 17.9. The van der Waals surface area contributed by atoms with E-state index in [1.165, 1.54) is 45.6 Å². The molecule has 3 fully saturated rings. The van der Waals surface area contributed by atoms with E-state index in [1.807, 2.05) is 4.90 Å². The largest absolute Gasteiger partial charge is 0.465 e. The van der Waals surface area contributed by atoms with Crippen LogP contribution in [0.15, 0.2) is 46.2 Å². The first-order valence-electron chi connectivity index (χ1n) is 12.0. The van der Waals surface area contributed by atoms with Gasteiger partial charge in [-0.2, -0.15) is 4.31 Å². The number of hydrogen-bond donors (Lipinski definition) is 2. The van der Waals surface area contributed by atoms with Crippen molar-refractivity contribution in [3.63, 3.8) is 0 Å². The van der Waals surface area contributed by atoms with Crippen LogP contribution in [-0.2, 0) is 24.7 Å². The molecule has 2 saturated heterocycles. The van der Waals surface area contributed by atoms with Crippen LogP contribution in [0, 0.1) is 0 Å². The topological polar surface area (TPSA) is 157 Å². The summed E-state index contributed by atoms with van der Waals surface area (Å²) in [7, 11) is -7.27. The van der Waals surface area contributed by atoms with Crippen LogP contribution < -0.4 is 15.1 Å². The van der Waals surface area contributed by atoms with Gasteiger partial charge in [0, 0.05) is 44.8 Å². The smallest absolute Gasteiger partial charge is 0.404 e. The Kier molecular flexibility index (Phi) is 7.00. The average molecular weight is 584 g/mol. The molecule has 1 atom stereocenters. The van der Waals surface area contributed by atoms with Crippen molar-refractivity contribution in [1.82, 2.24) is 14.6 Å². The maximum atomic E-state index is 13.3. The Morgan fingerprint density at radius 3 is 2.26 bits per heavy atom. The van der Waals surface area contributed by atoms with Gasteiger partial charge in [-0.05, 0) is 49.2 Å². The van der Waals surface area contributed by atoms with Gasteiger partial charge in [-0.25, -0.2) is 26.6 Å². The van der Waals surface area contributed by atoms with Gasteiger partial charge in [0.2, 0.25) is 15.9 Å². The molecule has 1 aromatic carbocycles. The molecule has 1 unspecified atom stereocenters. The van der Waals surface area contributed by atoms with Gasteiger partial charge in [-0.3, -0.25) is 4.79 Å². The second-order valence-corrected chi connectivity index (χ2v) is 14.0. The summed E-state index contributed by atoms with van der Waals surface area (Å²) >= 11 is 6.12. The number of nitrogens with one attached hydrogen (secondary N) is 1. The molecule has 0 bridgehead atoms. The Bertz CT molecular complexity index is 1470. The monoisotopic (exact) mass is 583 g/mol. The highest BCUT2D eigenvalue weighted by Gasteiger charge is 2.38. The van der Waals surface area contributed by atoms with Gasteiger partial charge in [0.1, 0.15) is 11.0 Å². The van der Waals surface area contributed by atoms with Crippen LogP contribution in [0.25, 0.3) is 0 Å². The zero-order chi connectivity index (χ0) is 27.2. The van der Waals surface area contributed by atoms with E-state index in [-0.39, 0.29) is 52.2 Å². The van der Waals surface area contributed by atoms with Crippen LogP contribution in [0.4, 0.5) is 16.3 Å². The number of aromatic nitrogens is 1. The number of rotatable bonds is 7. The molecular weight excluding hydrogens is 558 g/mol. The number of sulfonamides is 1. The molecule has 0 radical (unpaired) electrons. The number of benzene rings is 1. The Balaban J connectivity index is 1.25. The number of nitrogens with zero attached hydrogens (tertiary/aromatic N) is 4. The average Bonchev–Trinajstić information content (AvgIpc) is 3.68. The van der Waals surface area contributed by atoms with E-state index < -0.39 is 32.0 Å². The van der Waals surface area contributed by atoms with Crippen LogP contribution in [-0.4, -0.2) is 87.2 Å². The fourth-order valence-corrected chi connectivity index (χ4v) is 8.07. The van der Waals surface area contributed by atoms with E-state index in [4.69, 9.17) is 16.7 Å². The van der Waals surface area contributed by atoms with Crippen LogP contribution in [0.3, 0.4) is 0 Å². The van der Waals surface area contributed by atoms with E-state index in [2.05, 4.69) is 10.3 Å². The van der Waals surface area contributed by atoms with E-state index in [0.717, 1.165) is 0 Å². The predicted molar refractivity (Wildman–Crippen MR) is 139 cm³/mol. The molecule has 38 heavy (non-hydrogen) atoms. The normalized spacial score (nSPS) is 21.1. The van der Waals surface area contributed by atoms with Crippen molar-refractivity contribution < 1.29 is 31.5 Å². The Labute approximate surface area is 225 Å². The van der Waals surface area contributed by atoms with E-state index in [1.54, 1.807) is 0 Å². The summed E-state index contributed by atoms with van der Waals surface area (Å²) in [6.45, 7) is 1.09. The van der Waals surface area contributed by atoms with E-state index >= 15 is 0 Å². The Morgan fingerprint density at radius 1 is 1.00 bits per heavy atom. The molecule has 1 aromatic heterocycles. The molecule has 2 aromatic rings. The molecule has 5 rings (SSSR count). The van der Waals surface area contributed by atoms with Crippen LogP contribution in [0.2, 0.25) is 5.15 Å². The molecule has 204 valence electrons. The number of pyridine rings is 1. The van der Waals surface area contributed by atoms with Gasteiger partial charge >= 0.3 is 6.09 Å². The standard InChI is InChI=1S/C23H26ClN5O7S2/c24-20-12-19(37(33,34)17-5-6-17)13-21(26-20)27-7-9-28(10-8-27)38(35,36)18-3-1-16(2-4-18)29-14-15(11-22(29)30)25-23(31)32/h1-4,12-13,15,17,25H,5-11,14H2,(H,31,32). The Morgan fingerprint density at radius 2 is 1.66 bits per heavy atom. The number of piperazine rings is 1. The number of anilines is 2. The van der Waals surface area contributed by atoms with Crippen molar-refractivity contribution in [1.29, 1.82) is 0 Å². The predicted octanol–water partition coefficient (Wildman–Crippen LogP) is 1.55.